The highest BCUT2D eigenvalue weighted by atomic mass is 35.5. The monoisotopic (exact) mass is 502 g/mol. The predicted octanol–water partition coefficient (Wildman–Crippen LogP) is 4.39. The number of hydrogen-bond acceptors (Lipinski definition) is 6. The largest absolute Gasteiger partial charge is 0.435 e. The molecule has 2 N–H and O–H groups in total. The van der Waals surface area contributed by atoms with Crippen LogP contribution < -0.4 is 10.6 Å². The second kappa shape index (κ2) is 9.68. The molecular formula is C21H22ClF3N4O3S. The van der Waals surface area contributed by atoms with Gasteiger partial charge in [-0.1, -0.05) is 35.9 Å². The summed E-state index contributed by atoms with van der Waals surface area (Å²) in [5.41, 5.74) is -0.969. The van der Waals surface area contributed by atoms with Gasteiger partial charge in [-0.05, 0) is 37.3 Å². The molecule has 1 heterocycles. The third kappa shape index (κ3) is 6.91. The van der Waals surface area contributed by atoms with E-state index in [1.165, 1.54) is 13.0 Å². The molecule has 178 valence electrons. The van der Waals surface area contributed by atoms with Crippen molar-refractivity contribution in [3.8, 4) is 0 Å². The van der Waals surface area contributed by atoms with Gasteiger partial charge in [0.15, 0.2) is 15.5 Å². The van der Waals surface area contributed by atoms with Crippen LogP contribution in [0.3, 0.4) is 0 Å². The lowest BCUT2D eigenvalue weighted by atomic mass is 10.0. The third-order valence-electron chi connectivity index (χ3n) is 4.88. The highest BCUT2D eigenvalue weighted by Gasteiger charge is 2.40. The van der Waals surface area contributed by atoms with Crippen LogP contribution in [0.5, 0.6) is 0 Å². The summed E-state index contributed by atoms with van der Waals surface area (Å²) >= 11 is 6.27. The third-order valence-corrected chi connectivity index (χ3v) is 5.87. The molecular weight excluding hydrogens is 481 g/mol. The van der Waals surface area contributed by atoms with Crippen molar-refractivity contribution in [2.24, 2.45) is 5.92 Å². The summed E-state index contributed by atoms with van der Waals surface area (Å²) in [6.07, 6.45) is -0.0860. The van der Waals surface area contributed by atoms with Crippen molar-refractivity contribution >= 4 is 33.0 Å². The molecule has 2 aromatic rings. The Morgan fingerprint density at radius 2 is 1.94 bits per heavy atom. The van der Waals surface area contributed by atoms with E-state index in [2.05, 4.69) is 20.6 Å². The molecule has 3 rings (SSSR count). The van der Waals surface area contributed by atoms with E-state index in [4.69, 9.17) is 11.6 Å². The lowest BCUT2D eigenvalue weighted by Gasteiger charge is -2.23. The first-order valence-electron chi connectivity index (χ1n) is 9.99. The molecule has 0 radical (unpaired) electrons. The van der Waals surface area contributed by atoms with Gasteiger partial charge in [0.25, 0.3) is 5.91 Å². The van der Waals surface area contributed by atoms with E-state index in [-0.39, 0.29) is 11.6 Å². The fourth-order valence-electron chi connectivity index (χ4n) is 3.17. The smallest absolute Gasteiger partial charge is 0.375 e. The van der Waals surface area contributed by atoms with E-state index in [1.807, 2.05) is 0 Å². The van der Waals surface area contributed by atoms with Crippen molar-refractivity contribution < 1.29 is 26.4 Å². The Morgan fingerprint density at radius 3 is 2.52 bits per heavy atom. The molecule has 33 heavy (non-hydrogen) atoms. The summed E-state index contributed by atoms with van der Waals surface area (Å²) in [7, 11) is -3.42. The summed E-state index contributed by atoms with van der Waals surface area (Å²) in [5, 5.41) is 6.55. The Bertz CT molecular complexity index is 1170. The normalized spacial score (nSPS) is 16.4. The minimum atomic E-state index is -4.85. The van der Waals surface area contributed by atoms with Gasteiger partial charge in [-0.2, -0.15) is 13.2 Å². The molecule has 0 saturated heterocycles. The van der Waals surface area contributed by atoms with Crippen molar-refractivity contribution in [1.82, 2.24) is 15.3 Å². The number of nitrogens with zero attached hydrogens (tertiary/aromatic N) is 2. The van der Waals surface area contributed by atoms with Gasteiger partial charge >= 0.3 is 6.18 Å². The summed E-state index contributed by atoms with van der Waals surface area (Å²) in [4.78, 5) is 19.6. The average Bonchev–Trinajstić information content (AvgIpc) is 3.55. The number of halogens is 4. The van der Waals surface area contributed by atoms with Gasteiger partial charge in [-0.15, -0.1) is 0 Å². The number of rotatable bonds is 8. The fraction of sp³-hybridized carbons (Fsp3) is 0.381. The van der Waals surface area contributed by atoms with E-state index in [0.29, 0.717) is 10.6 Å². The topological polar surface area (TPSA) is 101 Å². The molecule has 12 heteroatoms. The highest BCUT2D eigenvalue weighted by Crippen LogP contribution is 2.45. The molecule has 7 nitrogen and oxygen atoms in total. The summed E-state index contributed by atoms with van der Waals surface area (Å²) in [6, 6.07) is 5.67. The predicted molar refractivity (Wildman–Crippen MR) is 118 cm³/mol. The maximum atomic E-state index is 13.8. The molecule has 1 fully saturated rings. The molecule has 1 aliphatic rings. The number of sulfone groups is 1. The van der Waals surface area contributed by atoms with Crippen LogP contribution in [0, 0.1) is 5.92 Å². The zero-order valence-corrected chi connectivity index (χ0v) is 19.3. The Labute approximate surface area is 194 Å². The van der Waals surface area contributed by atoms with Gasteiger partial charge in [-0.3, -0.25) is 4.79 Å². The Hall–Kier alpha value is -2.66. The highest BCUT2D eigenvalue weighted by molar-refractivity contribution is 7.93. The Kier molecular flexibility index (Phi) is 7.32. The standard InChI is InChI=1S/C21H22ClF3N4O3S/c1-12(9-10-33(2,31)32)27-20(30)19-26-11-16(18(29-19)21(23,24)25)28-17(13-7-8-13)14-5-3-4-6-15(14)22/h3-6,9-13,17,28H,7-8H2,1-2H3,(H,27,30)/b10-9+/t12-,17+/m1/s1. The molecule has 1 saturated carbocycles. The van der Waals surface area contributed by atoms with E-state index in [0.717, 1.165) is 30.7 Å². The SMILES string of the molecule is C[C@H](/C=C/S(C)(=O)=O)NC(=O)c1ncc(N[C@H](c2ccccc2Cl)C2CC2)c(C(F)(F)F)n1. The van der Waals surface area contributed by atoms with Crippen molar-refractivity contribution in [2.45, 2.75) is 38.0 Å². The molecule has 1 aromatic carbocycles. The van der Waals surface area contributed by atoms with Gasteiger partial charge in [0.1, 0.15) is 0 Å². The number of anilines is 1. The van der Waals surface area contributed by atoms with Crippen molar-refractivity contribution in [3.05, 3.63) is 64.1 Å². The lowest BCUT2D eigenvalue weighted by Crippen LogP contribution is -2.33. The first-order chi connectivity index (χ1) is 15.3. The van der Waals surface area contributed by atoms with Crippen LogP contribution in [0.1, 0.15) is 47.7 Å². The molecule has 1 aliphatic carbocycles. The molecule has 0 unspecified atom stereocenters. The second-order valence-electron chi connectivity index (χ2n) is 7.85. The number of hydrogen-bond donors (Lipinski definition) is 2. The summed E-state index contributed by atoms with van der Waals surface area (Å²) in [5.74, 6) is -1.55. The molecule has 1 aromatic heterocycles. The molecule has 2 atom stereocenters. The molecule has 0 spiro atoms. The Balaban J connectivity index is 1.87. The van der Waals surface area contributed by atoms with Gasteiger partial charge in [0.2, 0.25) is 5.82 Å². The van der Waals surface area contributed by atoms with Crippen molar-refractivity contribution in [3.63, 3.8) is 0 Å². The van der Waals surface area contributed by atoms with E-state index >= 15 is 0 Å². The number of carbonyl (C=O) groups is 1. The van der Waals surface area contributed by atoms with E-state index in [1.54, 1.807) is 24.3 Å². The number of carbonyl (C=O) groups excluding carboxylic acids is 1. The number of nitrogens with one attached hydrogen (secondary N) is 2. The van der Waals surface area contributed by atoms with Crippen LogP contribution in [0.25, 0.3) is 0 Å². The number of benzene rings is 1. The number of amides is 1. The maximum absolute atomic E-state index is 13.8. The zero-order chi connectivity index (χ0) is 24.4. The number of aromatic nitrogens is 2. The summed E-state index contributed by atoms with van der Waals surface area (Å²) < 4.78 is 63.7. The van der Waals surface area contributed by atoms with E-state index in [9.17, 15) is 26.4 Å². The first-order valence-corrected chi connectivity index (χ1v) is 12.3. The first kappa shape index (κ1) is 25.0. The van der Waals surface area contributed by atoms with Crippen LogP contribution in [-0.2, 0) is 16.0 Å². The Morgan fingerprint density at radius 1 is 1.27 bits per heavy atom. The van der Waals surface area contributed by atoms with Crippen molar-refractivity contribution in [2.75, 3.05) is 11.6 Å². The fourth-order valence-corrected chi connectivity index (χ4v) is 3.94. The molecule has 0 bridgehead atoms. The van der Waals surface area contributed by atoms with Crippen LogP contribution in [0.4, 0.5) is 18.9 Å². The molecule has 0 aliphatic heterocycles. The number of alkyl halides is 3. The van der Waals surface area contributed by atoms with Gasteiger partial charge in [-0.25, -0.2) is 18.4 Å². The van der Waals surface area contributed by atoms with Crippen LogP contribution >= 0.6 is 11.6 Å². The molecule has 1 amide bonds. The summed E-state index contributed by atoms with van der Waals surface area (Å²) in [6.45, 7) is 1.46. The van der Waals surface area contributed by atoms with Gasteiger partial charge in [0.05, 0.1) is 17.9 Å². The van der Waals surface area contributed by atoms with E-state index < -0.39 is 45.5 Å². The maximum Gasteiger partial charge on any atom is 0.435 e. The minimum absolute atomic E-state index is 0.108. The quantitative estimate of drug-likeness (QED) is 0.555. The lowest BCUT2D eigenvalue weighted by molar-refractivity contribution is -0.140. The van der Waals surface area contributed by atoms with Gasteiger partial charge < -0.3 is 10.6 Å². The van der Waals surface area contributed by atoms with Crippen LogP contribution in [0.2, 0.25) is 5.02 Å². The van der Waals surface area contributed by atoms with Gasteiger partial charge in [0, 0.05) is 22.7 Å². The zero-order valence-electron chi connectivity index (χ0n) is 17.7. The van der Waals surface area contributed by atoms with Crippen molar-refractivity contribution in [1.29, 1.82) is 0 Å². The van der Waals surface area contributed by atoms with Crippen LogP contribution in [0.15, 0.2) is 41.9 Å². The second-order valence-corrected chi connectivity index (χ2v) is 10.2. The minimum Gasteiger partial charge on any atom is -0.375 e. The average molecular weight is 503 g/mol. The van der Waals surface area contributed by atoms with Crippen LogP contribution in [-0.4, -0.2) is 36.6 Å².